The van der Waals surface area contributed by atoms with Gasteiger partial charge in [0, 0.05) is 11.9 Å². The number of hydrogen-bond donors (Lipinski definition) is 3. The fourth-order valence-electron chi connectivity index (χ4n) is 1.80. The normalized spacial score (nSPS) is 10.6. The Hall–Kier alpha value is -2.21. The molecule has 1 aromatic carbocycles. The number of carboxylic acids is 1. The molecule has 2 rings (SSSR count). The summed E-state index contributed by atoms with van der Waals surface area (Å²) in [6, 6.07) is 4.85. The molecule has 6 heteroatoms. The van der Waals surface area contributed by atoms with Gasteiger partial charge in [0.05, 0.1) is 11.1 Å². The van der Waals surface area contributed by atoms with Gasteiger partial charge in [0.15, 0.2) is 0 Å². The molecule has 0 radical (unpaired) electrons. The molecule has 3 N–H and O–H groups in total. The Balaban J connectivity index is 2.22. The summed E-state index contributed by atoms with van der Waals surface area (Å²) in [7, 11) is 1.91. The fraction of sp³-hybridized carbons (Fsp3) is 0.308. The molecule has 0 atom stereocenters. The molecule has 0 spiro atoms. The third-order valence-corrected chi connectivity index (χ3v) is 2.78. The Labute approximate surface area is 110 Å². The van der Waals surface area contributed by atoms with Crippen molar-refractivity contribution in [3.05, 3.63) is 30.1 Å². The highest BCUT2D eigenvalue weighted by Crippen LogP contribution is 2.20. The van der Waals surface area contributed by atoms with Gasteiger partial charge in [-0.25, -0.2) is 14.8 Å². The molecule has 0 aliphatic carbocycles. The third-order valence-electron chi connectivity index (χ3n) is 2.78. The first kappa shape index (κ1) is 13.2. The van der Waals surface area contributed by atoms with Crippen molar-refractivity contribution in [3.8, 4) is 0 Å². The topological polar surface area (TPSA) is 87.1 Å². The van der Waals surface area contributed by atoms with Gasteiger partial charge in [-0.3, -0.25) is 0 Å². The predicted molar refractivity (Wildman–Crippen MR) is 73.5 cm³/mol. The molecule has 6 nitrogen and oxygen atoms in total. The highest BCUT2D eigenvalue weighted by molar-refractivity contribution is 5.96. The number of nitrogens with zero attached hydrogens (tertiary/aromatic N) is 2. The average molecular weight is 260 g/mol. The van der Waals surface area contributed by atoms with Gasteiger partial charge < -0.3 is 15.7 Å². The molecule has 0 aliphatic heterocycles. The summed E-state index contributed by atoms with van der Waals surface area (Å²) in [6.07, 6.45) is 2.42. The van der Waals surface area contributed by atoms with E-state index in [4.69, 9.17) is 5.11 Å². The van der Waals surface area contributed by atoms with Gasteiger partial charge in [-0.1, -0.05) is 0 Å². The van der Waals surface area contributed by atoms with Crippen molar-refractivity contribution in [3.63, 3.8) is 0 Å². The second-order valence-electron chi connectivity index (χ2n) is 4.14. The van der Waals surface area contributed by atoms with Gasteiger partial charge in [0.2, 0.25) is 0 Å². The number of anilines is 1. The lowest BCUT2D eigenvalue weighted by atomic mass is 10.1. The Morgan fingerprint density at radius 2 is 2.16 bits per heavy atom. The second-order valence-corrected chi connectivity index (χ2v) is 4.14. The van der Waals surface area contributed by atoms with Crippen LogP contribution in [0.4, 0.5) is 5.82 Å². The number of hydrogen-bond acceptors (Lipinski definition) is 5. The highest BCUT2D eigenvalue weighted by atomic mass is 16.4. The zero-order valence-electron chi connectivity index (χ0n) is 10.7. The largest absolute Gasteiger partial charge is 0.478 e. The fourth-order valence-corrected chi connectivity index (χ4v) is 1.80. The van der Waals surface area contributed by atoms with Crippen LogP contribution in [0.3, 0.4) is 0 Å². The smallest absolute Gasteiger partial charge is 0.335 e. The zero-order valence-corrected chi connectivity index (χ0v) is 10.7. The summed E-state index contributed by atoms with van der Waals surface area (Å²) >= 11 is 0. The van der Waals surface area contributed by atoms with Crippen molar-refractivity contribution >= 4 is 22.7 Å². The first-order valence-corrected chi connectivity index (χ1v) is 6.09. The number of nitrogens with one attached hydrogen (secondary N) is 2. The van der Waals surface area contributed by atoms with Gasteiger partial charge in [-0.2, -0.15) is 0 Å². The monoisotopic (exact) mass is 260 g/mol. The van der Waals surface area contributed by atoms with Crippen LogP contribution in [0.1, 0.15) is 16.8 Å². The van der Waals surface area contributed by atoms with Crippen LogP contribution < -0.4 is 10.6 Å². The second kappa shape index (κ2) is 6.10. The molecule has 0 unspecified atom stereocenters. The summed E-state index contributed by atoms with van der Waals surface area (Å²) < 4.78 is 0. The molecule has 0 amide bonds. The number of aromatic nitrogens is 2. The van der Waals surface area contributed by atoms with Gasteiger partial charge >= 0.3 is 5.97 Å². The van der Waals surface area contributed by atoms with E-state index < -0.39 is 5.97 Å². The van der Waals surface area contributed by atoms with E-state index >= 15 is 0 Å². The summed E-state index contributed by atoms with van der Waals surface area (Å²) in [5.41, 5.74) is 0.860. The Morgan fingerprint density at radius 3 is 2.89 bits per heavy atom. The van der Waals surface area contributed by atoms with Crippen molar-refractivity contribution in [2.24, 2.45) is 0 Å². The van der Waals surface area contributed by atoms with E-state index in [1.54, 1.807) is 18.2 Å². The number of benzene rings is 1. The van der Waals surface area contributed by atoms with Crippen LogP contribution in [0.5, 0.6) is 0 Å². The van der Waals surface area contributed by atoms with Crippen molar-refractivity contribution < 1.29 is 9.90 Å². The molecule has 2 aromatic rings. The first-order chi connectivity index (χ1) is 9.22. The molecule has 0 saturated heterocycles. The molecule has 19 heavy (non-hydrogen) atoms. The maximum atomic E-state index is 10.9. The van der Waals surface area contributed by atoms with Gasteiger partial charge in [-0.15, -0.1) is 0 Å². The van der Waals surface area contributed by atoms with E-state index in [0.717, 1.165) is 30.7 Å². The maximum Gasteiger partial charge on any atom is 0.335 e. The van der Waals surface area contributed by atoms with Gasteiger partial charge in [0.1, 0.15) is 12.1 Å². The Bertz CT molecular complexity index is 586. The number of carboxylic acid groups (broad SMARTS) is 1. The lowest BCUT2D eigenvalue weighted by molar-refractivity contribution is 0.0697. The number of fused-ring (bicyclic) bond motifs is 1. The highest BCUT2D eigenvalue weighted by Gasteiger charge is 2.07. The molecular weight excluding hydrogens is 244 g/mol. The first-order valence-electron chi connectivity index (χ1n) is 6.09. The van der Waals surface area contributed by atoms with Crippen LogP contribution in [0.25, 0.3) is 10.9 Å². The summed E-state index contributed by atoms with van der Waals surface area (Å²) in [5.74, 6) is -0.220. The van der Waals surface area contributed by atoms with Crippen molar-refractivity contribution in [1.82, 2.24) is 15.3 Å². The van der Waals surface area contributed by atoms with Crippen LogP contribution in [0.15, 0.2) is 24.5 Å². The number of aromatic carboxylic acids is 1. The van der Waals surface area contributed by atoms with E-state index in [1.165, 1.54) is 6.33 Å². The lowest BCUT2D eigenvalue weighted by Gasteiger charge is -2.08. The minimum absolute atomic E-state index is 0.229. The Kier molecular flexibility index (Phi) is 4.25. The summed E-state index contributed by atoms with van der Waals surface area (Å²) in [6.45, 7) is 1.73. The Morgan fingerprint density at radius 1 is 1.32 bits per heavy atom. The molecular formula is C13H16N4O2. The molecule has 0 fully saturated rings. The molecule has 1 aromatic heterocycles. The van der Waals surface area contributed by atoms with E-state index in [1.807, 2.05) is 7.05 Å². The SMILES string of the molecule is CNCCCNc1ncnc2cc(C(=O)O)ccc12. The minimum atomic E-state index is -0.955. The van der Waals surface area contributed by atoms with Crippen LogP contribution in [0.2, 0.25) is 0 Å². The third kappa shape index (κ3) is 3.17. The molecule has 100 valence electrons. The predicted octanol–water partition coefficient (Wildman–Crippen LogP) is 1.35. The molecule has 0 saturated carbocycles. The zero-order chi connectivity index (χ0) is 13.7. The lowest BCUT2D eigenvalue weighted by Crippen LogP contribution is -2.13. The van der Waals surface area contributed by atoms with Crippen LogP contribution >= 0.6 is 0 Å². The standard InChI is InChI=1S/C13H16N4O2/c1-14-5-2-6-15-12-10-4-3-9(13(18)19)7-11(10)16-8-17-12/h3-4,7-8,14H,2,5-6H2,1H3,(H,18,19)(H,15,16,17). The molecule has 0 bridgehead atoms. The van der Waals surface area contributed by atoms with E-state index in [9.17, 15) is 4.79 Å². The summed E-state index contributed by atoms with van der Waals surface area (Å²) in [5, 5.41) is 16.1. The van der Waals surface area contributed by atoms with Crippen molar-refractivity contribution in [2.45, 2.75) is 6.42 Å². The van der Waals surface area contributed by atoms with E-state index in [2.05, 4.69) is 20.6 Å². The van der Waals surface area contributed by atoms with Crippen LogP contribution in [0, 0.1) is 0 Å². The van der Waals surface area contributed by atoms with Crippen molar-refractivity contribution in [2.75, 3.05) is 25.5 Å². The minimum Gasteiger partial charge on any atom is -0.478 e. The number of rotatable bonds is 6. The summed E-state index contributed by atoms with van der Waals surface area (Å²) in [4.78, 5) is 19.2. The van der Waals surface area contributed by atoms with Crippen LogP contribution in [-0.4, -0.2) is 41.2 Å². The number of carbonyl (C=O) groups is 1. The van der Waals surface area contributed by atoms with Crippen molar-refractivity contribution in [1.29, 1.82) is 0 Å². The average Bonchev–Trinajstić information content (AvgIpc) is 2.43. The molecule has 0 aliphatic rings. The van der Waals surface area contributed by atoms with Crippen LogP contribution in [-0.2, 0) is 0 Å². The molecule has 1 heterocycles. The quantitative estimate of drug-likeness (QED) is 0.680. The maximum absolute atomic E-state index is 10.9. The van der Waals surface area contributed by atoms with E-state index in [0.29, 0.717) is 5.52 Å². The van der Waals surface area contributed by atoms with Gasteiger partial charge in [0.25, 0.3) is 0 Å². The van der Waals surface area contributed by atoms with E-state index in [-0.39, 0.29) is 5.56 Å². The van der Waals surface area contributed by atoms with Gasteiger partial charge in [-0.05, 0) is 38.2 Å².